The Morgan fingerprint density at radius 1 is 1.50 bits per heavy atom. The van der Waals surface area contributed by atoms with E-state index in [1.54, 1.807) is 0 Å². The van der Waals surface area contributed by atoms with Crippen molar-refractivity contribution in [1.82, 2.24) is 10.2 Å². The van der Waals surface area contributed by atoms with Crippen molar-refractivity contribution in [3.05, 3.63) is 0 Å². The van der Waals surface area contributed by atoms with Crippen LogP contribution in [-0.2, 0) is 10.1 Å². The molecular formula is C2H3N3O3S2. The molecule has 0 bridgehead atoms. The van der Waals surface area contributed by atoms with Crippen LogP contribution in [-0.4, -0.2) is 23.2 Å². The molecule has 1 aromatic heterocycles. The maximum atomic E-state index is 10.3. The van der Waals surface area contributed by atoms with Gasteiger partial charge in [-0.1, -0.05) is 11.3 Å². The molecular weight excluding hydrogens is 178 g/mol. The molecule has 10 heavy (non-hydrogen) atoms. The topological polar surface area (TPSA) is 106 Å². The van der Waals surface area contributed by atoms with Gasteiger partial charge in [-0.25, -0.2) is 0 Å². The number of anilines is 1. The summed E-state index contributed by atoms with van der Waals surface area (Å²) in [5.74, 6) is 0. The summed E-state index contributed by atoms with van der Waals surface area (Å²) in [6, 6.07) is 0. The second kappa shape index (κ2) is 2.15. The highest BCUT2D eigenvalue weighted by Crippen LogP contribution is 2.15. The minimum Gasteiger partial charge on any atom is -0.374 e. The van der Waals surface area contributed by atoms with Crippen molar-refractivity contribution in [3.63, 3.8) is 0 Å². The Balaban J connectivity index is 3.21. The quantitative estimate of drug-likeness (QED) is 0.558. The molecule has 1 rings (SSSR count). The highest BCUT2D eigenvalue weighted by molar-refractivity contribution is 7.88. The van der Waals surface area contributed by atoms with E-state index >= 15 is 0 Å². The fraction of sp³-hybridized carbons (Fsp3) is 0. The summed E-state index contributed by atoms with van der Waals surface area (Å²) < 4.78 is 28.4. The molecule has 1 aromatic rings. The van der Waals surface area contributed by atoms with Crippen molar-refractivity contribution in [3.8, 4) is 0 Å². The minimum atomic E-state index is -4.22. The monoisotopic (exact) mass is 181 g/mol. The second-order valence-electron chi connectivity index (χ2n) is 1.38. The molecule has 0 aliphatic heterocycles. The third-order valence-corrected chi connectivity index (χ3v) is 2.59. The Hall–Kier alpha value is -0.730. The molecule has 0 radical (unpaired) electrons. The van der Waals surface area contributed by atoms with Crippen molar-refractivity contribution in [2.75, 3.05) is 5.73 Å². The van der Waals surface area contributed by atoms with Crippen LogP contribution in [0.15, 0.2) is 4.34 Å². The van der Waals surface area contributed by atoms with Crippen molar-refractivity contribution in [2.24, 2.45) is 0 Å². The van der Waals surface area contributed by atoms with E-state index in [1.807, 2.05) is 0 Å². The molecule has 1 heterocycles. The SMILES string of the molecule is Nc1nnc(S(=O)(=O)O)s1. The molecule has 0 atom stereocenters. The van der Waals surface area contributed by atoms with Gasteiger partial charge in [-0.2, -0.15) is 8.42 Å². The van der Waals surface area contributed by atoms with Crippen molar-refractivity contribution in [2.45, 2.75) is 4.34 Å². The standard InChI is InChI=1S/C2H3N3O3S2/c3-1-4-5-2(9-1)10(6,7)8/h(H2,3,4)(H,6,7,8). The summed E-state index contributed by atoms with van der Waals surface area (Å²) in [4.78, 5) is 0. The van der Waals surface area contributed by atoms with Gasteiger partial charge >= 0.3 is 10.1 Å². The first kappa shape index (κ1) is 7.38. The van der Waals surface area contributed by atoms with E-state index in [1.165, 1.54) is 0 Å². The van der Waals surface area contributed by atoms with Gasteiger partial charge in [-0.05, 0) is 0 Å². The fourth-order valence-electron chi connectivity index (χ4n) is 0.325. The van der Waals surface area contributed by atoms with E-state index in [-0.39, 0.29) is 5.13 Å². The Labute approximate surface area is 60.4 Å². The molecule has 0 saturated carbocycles. The van der Waals surface area contributed by atoms with Crippen LogP contribution in [0.2, 0.25) is 0 Å². The van der Waals surface area contributed by atoms with Crippen molar-refractivity contribution >= 4 is 26.6 Å². The summed E-state index contributed by atoms with van der Waals surface area (Å²) in [5.41, 5.74) is 5.04. The molecule has 0 saturated heterocycles. The molecule has 3 N–H and O–H groups in total. The average molecular weight is 181 g/mol. The Kier molecular flexibility index (Phi) is 1.58. The third-order valence-electron chi connectivity index (χ3n) is 0.643. The lowest BCUT2D eigenvalue weighted by molar-refractivity contribution is 0.481. The zero-order valence-corrected chi connectivity index (χ0v) is 6.18. The number of aromatic nitrogens is 2. The van der Waals surface area contributed by atoms with E-state index in [0.717, 1.165) is 0 Å². The van der Waals surface area contributed by atoms with E-state index < -0.39 is 14.5 Å². The highest BCUT2D eigenvalue weighted by Gasteiger charge is 2.14. The van der Waals surface area contributed by atoms with Gasteiger partial charge in [0, 0.05) is 0 Å². The third kappa shape index (κ3) is 1.40. The van der Waals surface area contributed by atoms with Crippen molar-refractivity contribution < 1.29 is 13.0 Å². The lowest BCUT2D eigenvalue weighted by Crippen LogP contribution is -1.96. The molecule has 0 unspecified atom stereocenters. The zero-order chi connectivity index (χ0) is 7.78. The molecule has 0 aromatic carbocycles. The molecule has 0 aliphatic rings. The van der Waals surface area contributed by atoms with Crippen LogP contribution < -0.4 is 5.73 Å². The first-order valence-corrected chi connectivity index (χ1v) is 4.32. The largest absolute Gasteiger partial charge is 0.374 e. The average Bonchev–Trinajstić information content (AvgIpc) is 2.11. The van der Waals surface area contributed by atoms with Crippen LogP contribution in [0.25, 0.3) is 0 Å². The summed E-state index contributed by atoms with van der Waals surface area (Å²) in [6.45, 7) is 0. The molecule has 0 spiro atoms. The van der Waals surface area contributed by atoms with E-state index in [0.29, 0.717) is 11.3 Å². The summed E-state index contributed by atoms with van der Waals surface area (Å²) >= 11 is 0.612. The van der Waals surface area contributed by atoms with Gasteiger partial charge in [0.2, 0.25) is 5.13 Å². The molecule has 6 nitrogen and oxygen atoms in total. The van der Waals surface area contributed by atoms with Crippen LogP contribution in [0.4, 0.5) is 5.13 Å². The minimum absolute atomic E-state index is 0.00706. The van der Waals surface area contributed by atoms with E-state index in [2.05, 4.69) is 10.2 Å². The summed E-state index contributed by atoms with van der Waals surface area (Å²) in [6.07, 6.45) is 0. The molecule has 0 aliphatic carbocycles. The van der Waals surface area contributed by atoms with Crippen LogP contribution >= 0.6 is 11.3 Å². The van der Waals surface area contributed by atoms with Gasteiger partial charge in [0.1, 0.15) is 0 Å². The van der Waals surface area contributed by atoms with Gasteiger partial charge in [0.25, 0.3) is 4.34 Å². The highest BCUT2D eigenvalue weighted by atomic mass is 32.3. The first-order valence-electron chi connectivity index (χ1n) is 2.06. The zero-order valence-electron chi connectivity index (χ0n) is 4.55. The Bertz CT molecular complexity index is 327. The van der Waals surface area contributed by atoms with Crippen LogP contribution in [0.3, 0.4) is 0 Å². The molecule has 0 amide bonds. The number of nitrogen functional groups attached to an aromatic ring is 1. The number of hydrogen-bond acceptors (Lipinski definition) is 6. The fourth-order valence-corrected chi connectivity index (χ4v) is 1.49. The van der Waals surface area contributed by atoms with E-state index in [9.17, 15) is 8.42 Å². The Morgan fingerprint density at radius 2 is 2.10 bits per heavy atom. The van der Waals surface area contributed by atoms with Crippen LogP contribution in [0.5, 0.6) is 0 Å². The maximum absolute atomic E-state index is 10.3. The molecule has 0 fully saturated rings. The smallest absolute Gasteiger partial charge is 0.324 e. The number of hydrogen-bond donors (Lipinski definition) is 2. The van der Waals surface area contributed by atoms with Gasteiger partial charge in [0.15, 0.2) is 0 Å². The van der Waals surface area contributed by atoms with Gasteiger partial charge in [-0.3, -0.25) is 4.55 Å². The normalized spacial score (nSPS) is 11.7. The summed E-state index contributed by atoms with van der Waals surface area (Å²) in [5, 5.41) is 6.29. The number of nitrogens with two attached hydrogens (primary N) is 1. The number of nitrogens with zero attached hydrogens (tertiary/aromatic N) is 2. The second-order valence-corrected chi connectivity index (χ2v) is 3.99. The van der Waals surface area contributed by atoms with Crippen molar-refractivity contribution in [1.29, 1.82) is 0 Å². The van der Waals surface area contributed by atoms with Gasteiger partial charge < -0.3 is 5.73 Å². The molecule has 56 valence electrons. The molecule has 8 heteroatoms. The van der Waals surface area contributed by atoms with Crippen LogP contribution in [0, 0.1) is 0 Å². The van der Waals surface area contributed by atoms with Crippen LogP contribution in [0.1, 0.15) is 0 Å². The Morgan fingerprint density at radius 3 is 2.30 bits per heavy atom. The predicted molar refractivity (Wildman–Crippen MR) is 34.1 cm³/mol. The lowest BCUT2D eigenvalue weighted by atomic mass is 11.3. The van der Waals surface area contributed by atoms with E-state index in [4.69, 9.17) is 10.3 Å². The first-order chi connectivity index (χ1) is 4.50. The van der Waals surface area contributed by atoms with Gasteiger partial charge in [-0.15, -0.1) is 10.2 Å². The maximum Gasteiger partial charge on any atom is 0.324 e. The predicted octanol–water partition coefficient (Wildman–Crippen LogP) is -0.633. The van der Waals surface area contributed by atoms with Gasteiger partial charge in [0.05, 0.1) is 0 Å². The summed E-state index contributed by atoms with van der Waals surface area (Å²) in [7, 11) is -4.22. The lowest BCUT2D eigenvalue weighted by Gasteiger charge is -1.82. The number of rotatable bonds is 1.